The van der Waals surface area contributed by atoms with Crippen LogP contribution in [0.4, 0.5) is 0 Å². The van der Waals surface area contributed by atoms with Crippen LogP contribution in [0.5, 0.6) is 0 Å². The molecule has 0 aromatic heterocycles. The summed E-state index contributed by atoms with van der Waals surface area (Å²) in [6, 6.07) is 36.3. The highest BCUT2D eigenvalue weighted by Gasteiger charge is 1.99. The highest BCUT2D eigenvalue weighted by atomic mass is 14.2. The predicted molar refractivity (Wildman–Crippen MR) is 132 cm³/mol. The minimum Gasteiger partial charge on any atom is -0.192 e. The van der Waals surface area contributed by atoms with Crippen molar-refractivity contribution >= 4 is 24.3 Å². The van der Waals surface area contributed by atoms with E-state index in [0.29, 0.717) is 11.1 Å². The zero-order valence-electron chi connectivity index (χ0n) is 17.4. The summed E-state index contributed by atoms with van der Waals surface area (Å²) in [7, 11) is 0. The molecule has 4 aromatic carbocycles. The van der Waals surface area contributed by atoms with E-state index in [1.54, 1.807) is 6.07 Å². The average Bonchev–Trinajstić information content (AvgIpc) is 2.87. The van der Waals surface area contributed by atoms with Gasteiger partial charge < -0.3 is 0 Å². The monoisotopic (exact) mass is 408 g/mol. The van der Waals surface area contributed by atoms with Crippen molar-refractivity contribution in [2.24, 2.45) is 0 Å². The third-order valence-electron chi connectivity index (χ3n) is 5.18. The molecule has 0 heterocycles. The largest absolute Gasteiger partial charge is 0.192 e. The van der Waals surface area contributed by atoms with Gasteiger partial charge in [-0.25, -0.2) is 0 Å². The number of hydrogen-bond acceptors (Lipinski definition) is 2. The molecule has 0 aliphatic rings. The Kier molecular flexibility index (Phi) is 6.37. The van der Waals surface area contributed by atoms with Gasteiger partial charge in [0.05, 0.1) is 23.3 Å². The van der Waals surface area contributed by atoms with Crippen molar-refractivity contribution in [1.29, 1.82) is 10.5 Å². The summed E-state index contributed by atoms with van der Waals surface area (Å²) in [6.45, 7) is 0. The zero-order chi connectivity index (χ0) is 22.2. The molecule has 0 saturated carbocycles. The van der Waals surface area contributed by atoms with E-state index in [-0.39, 0.29) is 0 Å². The highest BCUT2D eigenvalue weighted by Crippen LogP contribution is 2.22. The van der Waals surface area contributed by atoms with Gasteiger partial charge in [0.1, 0.15) is 0 Å². The smallest absolute Gasteiger partial charge is 0.0997 e. The Bertz CT molecular complexity index is 1360. The molecule has 0 N–H and O–H groups in total. The van der Waals surface area contributed by atoms with Crippen molar-refractivity contribution in [1.82, 2.24) is 0 Å². The fourth-order valence-electron chi connectivity index (χ4n) is 3.41. The van der Waals surface area contributed by atoms with Crippen LogP contribution in [0.2, 0.25) is 0 Å². The lowest BCUT2D eigenvalue weighted by Crippen LogP contribution is -1.81. The summed E-state index contributed by atoms with van der Waals surface area (Å²) >= 11 is 0. The van der Waals surface area contributed by atoms with Crippen molar-refractivity contribution in [3.8, 4) is 23.3 Å². The first-order valence-electron chi connectivity index (χ1n) is 10.3. The van der Waals surface area contributed by atoms with Crippen LogP contribution in [-0.4, -0.2) is 0 Å². The second-order valence-corrected chi connectivity index (χ2v) is 7.35. The third kappa shape index (κ3) is 5.08. The number of benzene rings is 4. The number of nitrogens with zero attached hydrogens (tertiary/aromatic N) is 2. The summed E-state index contributed by atoms with van der Waals surface area (Å²) in [5.74, 6) is 0. The van der Waals surface area contributed by atoms with E-state index in [9.17, 15) is 5.26 Å². The second kappa shape index (κ2) is 9.90. The van der Waals surface area contributed by atoms with Crippen LogP contribution in [0.1, 0.15) is 33.4 Å². The molecule has 0 atom stereocenters. The first-order chi connectivity index (χ1) is 15.7. The van der Waals surface area contributed by atoms with E-state index in [1.807, 2.05) is 66.8 Å². The Labute approximate surface area is 188 Å². The van der Waals surface area contributed by atoms with Gasteiger partial charge >= 0.3 is 0 Å². The van der Waals surface area contributed by atoms with E-state index in [1.165, 1.54) is 0 Å². The minimum atomic E-state index is 0.662. The van der Waals surface area contributed by atoms with Crippen molar-refractivity contribution in [2.45, 2.75) is 0 Å². The topological polar surface area (TPSA) is 47.6 Å². The van der Waals surface area contributed by atoms with E-state index in [0.717, 1.165) is 33.4 Å². The molecular weight excluding hydrogens is 388 g/mol. The molecule has 2 nitrogen and oxygen atoms in total. The Hall–Kier alpha value is -4.66. The summed E-state index contributed by atoms with van der Waals surface area (Å²) < 4.78 is 0. The Morgan fingerprint density at radius 1 is 0.500 bits per heavy atom. The highest BCUT2D eigenvalue weighted by molar-refractivity contribution is 5.75. The Morgan fingerprint density at radius 2 is 1.09 bits per heavy atom. The molecule has 0 bridgehead atoms. The van der Waals surface area contributed by atoms with Crippen molar-refractivity contribution < 1.29 is 0 Å². The minimum absolute atomic E-state index is 0.662. The Balaban J connectivity index is 1.45. The normalized spacial score (nSPS) is 10.8. The molecule has 32 heavy (non-hydrogen) atoms. The molecule has 0 aliphatic heterocycles. The van der Waals surface area contributed by atoms with Crippen LogP contribution >= 0.6 is 0 Å². The lowest BCUT2D eigenvalue weighted by Gasteiger charge is -2.04. The zero-order valence-corrected chi connectivity index (χ0v) is 17.4. The number of nitriles is 2. The van der Waals surface area contributed by atoms with Crippen LogP contribution in [-0.2, 0) is 0 Å². The van der Waals surface area contributed by atoms with Crippen LogP contribution in [0, 0.1) is 22.7 Å². The van der Waals surface area contributed by atoms with E-state index < -0.39 is 0 Å². The van der Waals surface area contributed by atoms with Gasteiger partial charge in [-0.3, -0.25) is 0 Å². The lowest BCUT2D eigenvalue weighted by atomic mass is 10.0. The molecular formula is C30H20N2. The molecule has 0 aliphatic carbocycles. The van der Waals surface area contributed by atoms with Gasteiger partial charge in [-0.2, -0.15) is 10.5 Å². The van der Waals surface area contributed by atoms with Crippen LogP contribution in [0.15, 0.2) is 97.1 Å². The van der Waals surface area contributed by atoms with Gasteiger partial charge in [0.2, 0.25) is 0 Å². The molecule has 0 saturated heterocycles. The van der Waals surface area contributed by atoms with Gasteiger partial charge in [-0.1, -0.05) is 103 Å². The van der Waals surface area contributed by atoms with Gasteiger partial charge in [0.15, 0.2) is 0 Å². The molecule has 2 heteroatoms. The fourth-order valence-corrected chi connectivity index (χ4v) is 3.41. The van der Waals surface area contributed by atoms with Gasteiger partial charge in [0.25, 0.3) is 0 Å². The maximum atomic E-state index is 9.21. The van der Waals surface area contributed by atoms with Gasteiger partial charge in [-0.15, -0.1) is 0 Å². The average molecular weight is 409 g/mol. The first-order valence-corrected chi connectivity index (χ1v) is 10.3. The maximum absolute atomic E-state index is 9.21. The van der Waals surface area contributed by atoms with Gasteiger partial charge in [-0.05, 0) is 51.6 Å². The molecule has 0 unspecified atom stereocenters. The summed E-state index contributed by atoms with van der Waals surface area (Å²) in [6.07, 6.45) is 8.06. The summed E-state index contributed by atoms with van der Waals surface area (Å²) in [5, 5.41) is 18.2. The van der Waals surface area contributed by atoms with Crippen molar-refractivity contribution in [2.75, 3.05) is 0 Å². The lowest BCUT2D eigenvalue weighted by molar-refractivity contribution is 1.47. The SMILES string of the molecule is N#Cc1cccc(/C=C/c2ccc(-c3ccc(/C=C/c4ccccc4C#N)cc3)cc2)c1. The molecule has 4 rings (SSSR count). The first kappa shape index (κ1) is 20.6. The molecule has 0 amide bonds. The quantitative estimate of drug-likeness (QED) is 0.322. The molecule has 150 valence electrons. The standard InChI is InChI=1S/C30H20N2/c31-21-26-5-3-4-25(20-26)9-8-23-11-16-28(17-12-23)29-18-13-24(14-19-29)10-15-27-6-1-2-7-30(27)22-32/h1-20H/b9-8+,15-10+. The number of rotatable bonds is 5. The van der Waals surface area contributed by atoms with Crippen molar-refractivity contribution in [3.63, 3.8) is 0 Å². The molecule has 4 aromatic rings. The van der Waals surface area contributed by atoms with E-state index >= 15 is 0 Å². The predicted octanol–water partition coefficient (Wildman–Crippen LogP) is 7.44. The molecule has 0 radical (unpaired) electrons. The van der Waals surface area contributed by atoms with E-state index in [2.05, 4.69) is 60.7 Å². The summed E-state index contributed by atoms with van der Waals surface area (Å²) in [5.41, 5.74) is 7.75. The molecule has 0 fully saturated rings. The fraction of sp³-hybridized carbons (Fsp3) is 0. The number of hydrogen-bond donors (Lipinski definition) is 0. The molecule has 0 spiro atoms. The second-order valence-electron chi connectivity index (χ2n) is 7.35. The van der Waals surface area contributed by atoms with Gasteiger partial charge in [0, 0.05) is 0 Å². The maximum Gasteiger partial charge on any atom is 0.0997 e. The summed E-state index contributed by atoms with van der Waals surface area (Å²) in [4.78, 5) is 0. The van der Waals surface area contributed by atoms with Crippen LogP contribution in [0.3, 0.4) is 0 Å². The van der Waals surface area contributed by atoms with E-state index in [4.69, 9.17) is 5.26 Å². The van der Waals surface area contributed by atoms with Crippen LogP contribution < -0.4 is 0 Å². The van der Waals surface area contributed by atoms with Crippen molar-refractivity contribution in [3.05, 3.63) is 130 Å². The van der Waals surface area contributed by atoms with Crippen LogP contribution in [0.25, 0.3) is 35.4 Å². The third-order valence-corrected chi connectivity index (χ3v) is 5.18. The Morgan fingerprint density at radius 3 is 1.72 bits per heavy atom.